The van der Waals surface area contributed by atoms with E-state index in [0.29, 0.717) is 25.1 Å². The quantitative estimate of drug-likeness (QED) is 0.609. The molecule has 0 aliphatic carbocycles. The molecular formula is C14H24N4O. The highest BCUT2D eigenvalue weighted by atomic mass is 16.5. The number of aromatic nitrogens is 1. The van der Waals surface area contributed by atoms with E-state index in [1.165, 1.54) is 0 Å². The zero-order valence-corrected chi connectivity index (χ0v) is 12.2. The highest BCUT2D eigenvalue weighted by Gasteiger charge is 2.03. The molecule has 0 spiro atoms. The molecule has 0 aromatic carbocycles. The molecule has 1 heterocycles. The molecule has 1 rings (SSSR count). The number of pyridine rings is 1. The van der Waals surface area contributed by atoms with Crippen molar-refractivity contribution < 1.29 is 4.74 Å². The number of hydrogen-bond donors (Lipinski definition) is 2. The van der Waals surface area contributed by atoms with Crippen LogP contribution in [0.25, 0.3) is 0 Å². The Morgan fingerprint density at radius 3 is 2.89 bits per heavy atom. The average Bonchev–Trinajstić information content (AvgIpc) is 2.44. The number of rotatable bonds is 6. The third-order valence-corrected chi connectivity index (χ3v) is 2.77. The van der Waals surface area contributed by atoms with Crippen LogP contribution in [0.5, 0.6) is 5.88 Å². The third-order valence-electron chi connectivity index (χ3n) is 2.77. The summed E-state index contributed by atoms with van der Waals surface area (Å²) in [5.41, 5.74) is 1.12. The molecule has 5 heteroatoms. The van der Waals surface area contributed by atoms with Crippen LogP contribution < -0.4 is 15.4 Å². The maximum Gasteiger partial charge on any atom is 0.213 e. The van der Waals surface area contributed by atoms with Crippen molar-refractivity contribution in [3.8, 4) is 5.88 Å². The van der Waals surface area contributed by atoms with Gasteiger partial charge in [0.2, 0.25) is 5.88 Å². The molecule has 0 amide bonds. The van der Waals surface area contributed by atoms with E-state index < -0.39 is 0 Å². The summed E-state index contributed by atoms with van der Waals surface area (Å²) in [6.07, 6.45) is 2.82. The summed E-state index contributed by atoms with van der Waals surface area (Å²) in [5, 5.41) is 6.59. The minimum Gasteiger partial charge on any atom is -0.478 e. The second-order valence-electron chi connectivity index (χ2n) is 4.31. The predicted molar refractivity (Wildman–Crippen MR) is 78.5 cm³/mol. The van der Waals surface area contributed by atoms with Gasteiger partial charge in [0, 0.05) is 31.9 Å². The molecule has 0 aliphatic rings. The first-order valence-corrected chi connectivity index (χ1v) is 6.74. The maximum atomic E-state index is 5.38. The molecule has 1 atom stereocenters. The van der Waals surface area contributed by atoms with Crippen molar-refractivity contribution in [2.45, 2.75) is 39.8 Å². The van der Waals surface area contributed by atoms with Crippen molar-refractivity contribution in [1.29, 1.82) is 0 Å². The molecule has 1 aromatic rings. The molecule has 0 bridgehead atoms. The first-order valence-electron chi connectivity index (χ1n) is 6.74. The Morgan fingerprint density at radius 1 is 1.47 bits per heavy atom. The largest absolute Gasteiger partial charge is 0.478 e. The van der Waals surface area contributed by atoms with Gasteiger partial charge in [-0.25, -0.2) is 4.98 Å². The van der Waals surface area contributed by atoms with Crippen molar-refractivity contribution in [3.63, 3.8) is 0 Å². The van der Waals surface area contributed by atoms with E-state index >= 15 is 0 Å². The lowest BCUT2D eigenvalue weighted by Gasteiger charge is -2.16. The summed E-state index contributed by atoms with van der Waals surface area (Å²) in [5.74, 6) is 1.47. The monoisotopic (exact) mass is 264 g/mol. The number of ether oxygens (including phenoxy) is 1. The Morgan fingerprint density at radius 2 is 2.26 bits per heavy atom. The van der Waals surface area contributed by atoms with Crippen molar-refractivity contribution in [2.75, 3.05) is 13.7 Å². The SMILES string of the molecule is CCOc1cc(CNC(=NC)NC(C)CC)ccn1. The molecule has 0 saturated carbocycles. The fourth-order valence-electron chi connectivity index (χ4n) is 1.50. The summed E-state index contributed by atoms with van der Waals surface area (Å²) in [4.78, 5) is 8.34. The fraction of sp³-hybridized carbons (Fsp3) is 0.571. The Kier molecular flexibility index (Phi) is 6.71. The summed E-state index contributed by atoms with van der Waals surface area (Å²) in [7, 11) is 1.77. The van der Waals surface area contributed by atoms with Gasteiger partial charge in [0.15, 0.2) is 5.96 Å². The van der Waals surface area contributed by atoms with Crippen LogP contribution in [0.4, 0.5) is 0 Å². The standard InChI is InChI=1S/C14H24N4O/c1-5-11(3)18-14(15-4)17-10-12-7-8-16-13(9-12)19-6-2/h7-9,11H,5-6,10H2,1-4H3,(H2,15,17,18). The number of aliphatic imine (C=N–C) groups is 1. The van der Waals surface area contributed by atoms with E-state index in [0.717, 1.165) is 17.9 Å². The highest BCUT2D eigenvalue weighted by Crippen LogP contribution is 2.08. The Labute approximate surface area is 115 Å². The second kappa shape index (κ2) is 8.34. The number of hydrogen-bond acceptors (Lipinski definition) is 3. The lowest BCUT2D eigenvalue weighted by molar-refractivity contribution is 0.326. The first-order chi connectivity index (χ1) is 9.19. The molecule has 5 nitrogen and oxygen atoms in total. The Bertz CT molecular complexity index is 406. The van der Waals surface area contributed by atoms with Gasteiger partial charge in [-0.05, 0) is 31.9 Å². The van der Waals surface area contributed by atoms with E-state index in [4.69, 9.17) is 4.74 Å². The topological polar surface area (TPSA) is 58.5 Å². The van der Waals surface area contributed by atoms with Crippen molar-refractivity contribution in [3.05, 3.63) is 23.9 Å². The molecular weight excluding hydrogens is 240 g/mol. The smallest absolute Gasteiger partial charge is 0.213 e. The van der Waals surface area contributed by atoms with E-state index in [1.54, 1.807) is 13.2 Å². The van der Waals surface area contributed by atoms with Gasteiger partial charge in [-0.1, -0.05) is 6.92 Å². The molecule has 106 valence electrons. The minimum absolute atomic E-state index is 0.405. The predicted octanol–water partition coefficient (Wildman–Crippen LogP) is 1.94. The van der Waals surface area contributed by atoms with Crippen LogP contribution in [0, 0.1) is 0 Å². The van der Waals surface area contributed by atoms with Gasteiger partial charge in [-0.2, -0.15) is 0 Å². The van der Waals surface area contributed by atoms with Gasteiger partial charge >= 0.3 is 0 Å². The summed E-state index contributed by atoms with van der Waals surface area (Å²) < 4.78 is 5.38. The lowest BCUT2D eigenvalue weighted by atomic mass is 10.2. The highest BCUT2D eigenvalue weighted by molar-refractivity contribution is 5.79. The minimum atomic E-state index is 0.405. The number of nitrogens with zero attached hydrogens (tertiary/aromatic N) is 2. The van der Waals surface area contributed by atoms with Crippen LogP contribution >= 0.6 is 0 Å². The summed E-state index contributed by atoms with van der Waals surface area (Å²) in [6.45, 7) is 7.54. The van der Waals surface area contributed by atoms with Crippen LogP contribution in [0.2, 0.25) is 0 Å². The fourth-order valence-corrected chi connectivity index (χ4v) is 1.50. The van der Waals surface area contributed by atoms with Crippen molar-refractivity contribution >= 4 is 5.96 Å². The van der Waals surface area contributed by atoms with Gasteiger partial charge in [0.05, 0.1) is 6.61 Å². The number of nitrogens with one attached hydrogen (secondary N) is 2. The van der Waals surface area contributed by atoms with Crippen molar-refractivity contribution in [1.82, 2.24) is 15.6 Å². The second-order valence-corrected chi connectivity index (χ2v) is 4.31. The van der Waals surface area contributed by atoms with Crippen LogP contribution in [-0.4, -0.2) is 30.6 Å². The maximum absolute atomic E-state index is 5.38. The van der Waals surface area contributed by atoms with Crippen LogP contribution in [-0.2, 0) is 6.54 Å². The summed E-state index contributed by atoms with van der Waals surface area (Å²) >= 11 is 0. The van der Waals surface area contributed by atoms with Gasteiger partial charge in [0.1, 0.15) is 0 Å². The van der Waals surface area contributed by atoms with E-state index in [1.807, 2.05) is 19.1 Å². The lowest BCUT2D eigenvalue weighted by Crippen LogP contribution is -2.41. The molecule has 1 aromatic heterocycles. The normalized spacial score (nSPS) is 12.9. The average molecular weight is 264 g/mol. The Hall–Kier alpha value is -1.78. The molecule has 2 N–H and O–H groups in total. The Balaban J connectivity index is 2.52. The van der Waals surface area contributed by atoms with Crippen LogP contribution in [0.3, 0.4) is 0 Å². The molecule has 0 fully saturated rings. The van der Waals surface area contributed by atoms with Gasteiger partial charge < -0.3 is 15.4 Å². The van der Waals surface area contributed by atoms with Crippen molar-refractivity contribution in [2.24, 2.45) is 4.99 Å². The van der Waals surface area contributed by atoms with E-state index in [-0.39, 0.29) is 0 Å². The van der Waals surface area contributed by atoms with E-state index in [9.17, 15) is 0 Å². The van der Waals surface area contributed by atoms with Gasteiger partial charge in [-0.3, -0.25) is 4.99 Å². The van der Waals surface area contributed by atoms with Gasteiger partial charge in [0.25, 0.3) is 0 Å². The molecule has 0 saturated heterocycles. The summed E-state index contributed by atoms with van der Waals surface area (Å²) in [6, 6.07) is 4.31. The first kappa shape index (κ1) is 15.3. The van der Waals surface area contributed by atoms with Crippen LogP contribution in [0.1, 0.15) is 32.8 Å². The molecule has 0 aliphatic heterocycles. The zero-order chi connectivity index (χ0) is 14.1. The number of guanidine groups is 1. The third kappa shape index (κ3) is 5.59. The zero-order valence-electron chi connectivity index (χ0n) is 12.2. The van der Waals surface area contributed by atoms with E-state index in [2.05, 4.69) is 34.5 Å². The van der Waals surface area contributed by atoms with Gasteiger partial charge in [-0.15, -0.1) is 0 Å². The molecule has 19 heavy (non-hydrogen) atoms. The van der Waals surface area contributed by atoms with Crippen LogP contribution in [0.15, 0.2) is 23.3 Å². The molecule has 1 unspecified atom stereocenters. The molecule has 0 radical (unpaired) electrons.